The van der Waals surface area contributed by atoms with Gasteiger partial charge in [0.15, 0.2) is 0 Å². The summed E-state index contributed by atoms with van der Waals surface area (Å²) in [6.45, 7) is 2.49. The number of nitrogens with one attached hydrogen (secondary N) is 1. The molecule has 1 aromatic rings. The summed E-state index contributed by atoms with van der Waals surface area (Å²) in [5, 5.41) is 12.3. The van der Waals surface area contributed by atoms with Crippen LogP contribution in [0.1, 0.15) is 6.92 Å². The van der Waals surface area contributed by atoms with Crippen LogP contribution in [0.4, 0.5) is 10.5 Å². The number of carboxylic acid groups (broad SMARTS) is 1. The number of aliphatic carboxylic acids is 1. The molecule has 0 bridgehead atoms. The highest BCUT2D eigenvalue weighted by atomic mass is 79.9. The topological polar surface area (TPSA) is 69.6 Å². The Morgan fingerprint density at radius 2 is 2.15 bits per heavy atom. The average Bonchev–Trinajstić information content (AvgIpc) is 2.77. The molecule has 0 aliphatic carbocycles. The summed E-state index contributed by atoms with van der Waals surface area (Å²) in [5.74, 6) is -1.43. The number of carboxylic acids is 1. The number of rotatable bonds is 2. The van der Waals surface area contributed by atoms with Gasteiger partial charge in [0.25, 0.3) is 0 Å². The van der Waals surface area contributed by atoms with Crippen molar-refractivity contribution in [2.24, 2.45) is 11.8 Å². The van der Waals surface area contributed by atoms with E-state index in [0.717, 1.165) is 0 Å². The minimum atomic E-state index is -0.864. The zero-order chi connectivity index (χ0) is 14.9. The molecule has 7 heteroatoms. The molecule has 2 amide bonds. The summed E-state index contributed by atoms with van der Waals surface area (Å²) in [7, 11) is 0. The Morgan fingerprint density at radius 3 is 2.75 bits per heavy atom. The van der Waals surface area contributed by atoms with Crippen molar-refractivity contribution < 1.29 is 14.7 Å². The van der Waals surface area contributed by atoms with Gasteiger partial charge in [0.05, 0.1) is 21.1 Å². The number of hydrogen-bond donors (Lipinski definition) is 2. The largest absolute Gasteiger partial charge is 0.481 e. The molecule has 1 aliphatic heterocycles. The van der Waals surface area contributed by atoms with Crippen LogP contribution in [0.25, 0.3) is 0 Å². The fourth-order valence-electron chi connectivity index (χ4n) is 2.25. The van der Waals surface area contributed by atoms with Crippen LogP contribution in [0.3, 0.4) is 0 Å². The molecule has 1 aliphatic rings. The maximum Gasteiger partial charge on any atom is 0.321 e. The molecule has 2 atom stereocenters. The lowest BCUT2D eigenvalue weighted by Crippen LogP contribution is -2.33. The van der Waals surface area contributed by atoms with E-state index in [2.05, 4.69) is 21.2 Å². The second kappa shape index (κ2) is 6.01. The highest BCUT2D eigenvalue weighted by Gasteiger charge is 2.37. The van der Waals surface area contributed by atoms with Crippen molar-refractivity contribution in [3.8, 4) is 0 Å². The van der Waals surface area contributed by atoms with Crippen molar-refractivity contribution in [2.45, 2.75) is 6.92 Å². The molecular formula is C13H14BrClN2O3. The maximum atomic E-state index is 12.1. The number of carbonyl (C=O) groups is 2. The fourth-order valence-corrected chi connectivity index (χ4v) is 2.79. The van der Waals surface area contributed by atoms with Crippen molar-refractivity contribution in [3.63, 3.8) is 0 Å². The zero-order valence-electron chi connectivity index (χ0n) is 10.8. The Labute approximate surface area is 130 Å². The van der Waals surface area contributed by atoms with Crippen molar-refractivity contribution in [1.82, 2.24) is 4.90 Å². The van der Waals surface area contributed by atoms with Crippen LogP contribution < -0.4 is 5.32 Å². The van der Waals surface area contributed by atoms with Crippen molar-refractivity contribution in [1.29, 1.82) is 0 Å². The van der Waals surface area contributed by atoms with E-state index in [1.165, 1.54) is 4.90 Å². The van der Waals surface area contributed by atoms with Crippen LogP contribution >= 0.6 is 27.5 Å². The molecule has 2 unspecified atom stereocenters. The van der Waals surface area contributed by atoms with Crippen LogP contribution in [0.5, 0.6) is 0 Å². The number of benzene rings is 1. The summed E-state index contributed by atoms with van der Waals surface area (Å²) >= 11 is 9.26. The lowest BCUT2D eigenvalue weighted by atomic mass is 9.99. The highest BCUT2D eigenvalue weighted by molar-refractivity contribution is 9.10. The van der Waals surface area contributed by atoms with Gasteiger partial charge in [0, 0.05) is 13.1 Å². The van der Waals surface area contributed by atoms with E-state index in [1.54, 1.807) is 18.2 Å². The second-order valence-corrected chi connectivity index (χ2v) is 6.06. The standard InChI is InChI=1S/C13H14BrClN2O3/c1-7-5-17(6-8(7)12(18)19)13(20)16-10-4-2-3-9(15)11(10)14/h2-4,7-8H,5-6H2,1H3,(H,16,20)(H,18,19). The molecule has 20 heavy (non-hydrogen) atoms. The number of amides is 2. The number of halogens is 2. The lowest BCUT2D eigenvalue weighted by Gasteiger charge is -2.17. The molecule has 0 saturated carbocycles. The molecule has 2 N–H and O–H groups in total. The molecule has 0 spiro atoms. The van der Waals surface area contributed by atoms with E-state index in [0.29, 0.717) is 21.7 Å². The van der Waals surface area contributed by atoms with Crippen LogP contribution in [0.2, 0.25) is 5.02 Å². The number of hydrogen-bond acceptors (Lipinski definition) is 2. The fraction of sp³-hybridized carbons (Fsp3) is 0.385. The van der Waals surface area contributed by atoms with Crippen LogP contribution in [0, 0.1) is 11.8 Å². The summed E-state index contributed by atoms with van der Waals surface area (Å²) in [6.07, 6.45) is 0. The van der Waals surface area contributed by atoms with Gasteiger partial charge in [0.2, 0.25) is 0 Å². The van der Waals surface area contributed by atoms with E-state index >= 15 is 0 Å². The third-order valence-electron chi connectivity index (χ3n) is 3.41. The summed E-state index contributed by atoms with van der Waals surface area (Å²) in [6, 6.07) is 4.85. The molecule has 1 heterocycles. The number of anilines is 1. The Hall–Kier alpha value is -1.27. The number of likely N-dealkylation sites (tertiary alicyclic amines) is 1. The first kappa shape index (κ1) is 15.1. The van der Waals surface area contributed by atoms with Crippen molar-refractivity contribution in [2.75, 3.05) is 18.4 Å². The van der Waals surface area contributed by atoms with Gasteiger partial charge in [-0.05, 0) is 34.0 Å². The number of carbonyl (C=O) groups excluding carboxylic acids is 1. The van der Waals surface area contributed by atoms with Crippen molar-refractivity contribution in [3.05, 3.63) is 27.7 Å². The minimum absolute atomic E-state index is 0.0546. The van der Waals surface area contributed by atoms with E-state index < -0.39 is 11.9 Å². The number of nitrogens with zero attached hydrogens (tertiary/aromatic N) is 1. The Morgan fingerprint density at radius 1 is 1.45 bits per heavy atom. The smallest absolute Gasteiger partial charge is 0.321 e. The first-order chi connectivity index (χ1) is 9.40. The van der Waals surface area contributed by atoms with Gasteiger partial charge in [-0.1, -0.05) is 24.6 Å². The van der Waals surface area contributed by atoms with Crippen molar-refractivity contribution >= 4 is 45.2 Å². The SMILES string of the molecule is CC1CN(C(=O)Nc2cccc(Cl)c2Br)CC1C(=O)O. The minimum Gasteiger partial charge on any atom is -0.481 e. The van der Waals surface area contributed by atoms with E-state index in [9.17, 15) is 9.59 Å². The first-order valence-corrected chi connectivity index (χ1v) is 7.30. The van der Waals surface area contributed by atoms with E-state index in [1.807, 2.05) is 6.92 Å². The zero-order valence-corrected chi connectivity index (χ0v) is 13.1. The molecule has 5 nitrogen and oxygen atoms in total. The molecule has 108 valence electrons. The van der Waals surface area contributed by atoms with Gasteiger partial charge in [-0.3, -0.25) is 4.79 Å². The molecule has 1 saturated heterocycles. The first-order valence-electron chi connectivity index (χ1n) is 6.13. The van der Waals surface area contributed by atoms with Crippen LogP contribution in [-0.4, -0.2) is 35.1 Å². The predicted molar refractivity (Wildman–Crippen MR) is 80.0 cm³/mol. The predicted octanol–water partition coefficient (Wildman–Crippen LogP) is 3.29. The summed E-state index contributed by atoms with van der Waals surface area (Å²) in [5.41, 5.74) is 0.564. The number of urea groups is 1. The lowest BCUT2D eigenvalue weighted by molar-refractivity contribution is -0.142. The molecule has 0 radical (unpaired) electrons. The van der Waals surface area contributed by atoms with Crippen LogP contribution in [0.15, 0.2) is 22.7 Å². The van der Waals surface area contributed by atoms with E-state index in [4.69, 9.17) is 16.7 Å². The molecule has 1 aromatic carbocycles. The molecule has 1 fully saturated rings. The molecule has 0 aromatic heterocycles. The van der Waals surface area contributed by atoms with Crippen LogP contribution in [-0.2, 0) is 4.79 Å². The van der Waals surface area contributed by atoms with Gasteiger partial charge >= 0.3 is 12.0 Å². The average molecular weight is 362 g/mol. The van der Waals surface area contributed by atoms with Gasteiger partial charge in [0.1, 0.15) is 0 Å². The summed E-state index contributed by atoms with van der Waals surface area (Å²) in [4.78, 5) is 24.7. The molecular weight excluding hydrogens is 348 g/mol. The maximum absolute atomic E-state index is 12.1. The quantitative estimate of drug-likeness (QED) is 0.849. The third-order valence-corrected chi connectivity index (χ3v) is 4.81. The second-order valence-electron chi connectivity index (χ2n) is 4.86. The van der Waals surface area contributed by atoms with E-state index in [-0.39, 0.29) is 18.5 Å². The summed E-state index contributed by atoms with van der Waals surface area (Å²) < 4.78 is 0.608. The highest BCUT2D eigenvalue weighted by Crippen LogP contribution is 2.31. The van der Waals surface area contributed by atoms with Gasteiger partial charge in [-0.25, -0.2) is 4.79 Å². The van der Waals surface area contributed by atoms with Gasteiger partial charge < -0.3 is 15.3 Å². The third kappa shape index (κ3) is 3.07. The Bertz CT molecular complexity index is 552. The normalized spacial score (nSPS) is 21.9. The van der Waals surface area contributed by atoms with Gasteiger partial charge in [-0.15, -0.1) is 0 Å². The monoisotopic (exact) mass is 360 g/mol. The Balaban J connectivity index is 2.06. The van der Waals surface area contributed by atoms with Gasteiger partial charge in [-0.2, -0.15) is 0 Å². The Kier molecular flexibility index (Phi) is 4.55. The molecule has 2 rings (SSSR count).